The topological polar surface area (TPSA) is 85.8 Å². The van der Waals surface area contributed by atoms with E-state index in [1.165, 1.54) is 6.34 Å². The van der Waals surface area contributed by atoms with Gasteiger partial charge >= 0.3 is 0 Å². The number of carbonyl (C=O) groups is 1. The lowest BCUT2D eigenvalue weighted by molar-refractivity contribution is -0.122. The molecule has 2 aromatic carbocycles. The molecule has 6 nitrogen and oxygen atoms in total. The number of aliphatic imine (C=N–C) groups is 1. The minimum Gasteiger partial charge on any atom is -0.368 e. The molecule has 0 aliphatic carbocycles. The highest BCUT2D eigenvalue weighted by Gasteiger charge is 2.41. The lowest BCUT2D eigenvalue weighted by Gasteiger charge is -2.36. The van der Waals surface area contributed by atoms with Crippen molar-refractivity contribution < 1.29 is 9.90 Å². The van der Waals surface area contributed by atoms with Gasteiger partial charge in [0.2, 0.25) is 5.91 Å². The molecule has 1 fully saturated rings. The number of aliphatic hydroxyl groups excluding tert-OH is 1. The fraction of sp³-hybridized carbons (Fsp3) is 0.300. The maximum absolute atomic E-state index is 13.3. The Balaban J connectivity index is 1.62. The molecule has 1 unspecified atom stereocenters. The zero-order valence-corrected chi connectivity index (χ0v) is 14.4. The average molecular weight is 350 g/mol. The molecule has 6 heteroatoms. The van der Waals surface area contributed by atoms with Crippen molar-refractivity contribution in [3.8, 4) is 0 Å². The summed E-state index contributed by atoms with van der Waals surface area (Å²) in [4.78, 5) is 17.2. The smallest absolute Gasteiger partial charge is 0.235 e. The van der Waals surface area contributed by atoms with Crippen LogP contribution in [0.4, 0.5) is 11.4 Å². The van der Waals surface area contributed by atoms with Gasteiger partial charge in [-0.05, 0) is 43.6 Å². The molecule has 4 N–H and O–H groups in total. The van der Waals surface area contributed by atoms with Crippen LogP contribution in [0.1, 0.15) is 30.2 Å². The summed E-state index contributed by atoms with van der Waals surface area (Å²) in [7, 11) is 0. The van der Waals surface area contributed by atoms with Crippen molar-refractivity contribution in [3.63, 3.8) is 0 Å². The first kappa shape index (κ1) is 16.8. The number of hydrogen-bond acceptors (Lipinski definition) is 5. The number of amides is 1. The van der Waals surface area contributed by atoms with Gasteiger partial charge in [-0.3, -0.25) is 4.79 Å². The molecule has 1 amide bonds. The van der Waals surface area contributed by atoms with Crippen LogP contribution in [0.2, 0.25) is 0 Å². The van der Waals surface area contributed by atoms with Gasteiger partial charge in [0, 0.05) is 16.9 Å². The molecule has 2 aromatic rings. The van der Waals surface area contributed by atoms with Crippen molar-refractivity contribution in [2.75, 3.05) is 23.7 Å². The molecule has 2 heterocycles. The molecule has 4 rings (SSSR count). The van der Waals surface area contributed by atoms with Gasteiger partial charge in [-0.25, -0.2) is 4.99 Å². The second kappa shape index (κ2) is 6.90. The molecule has 1 saturated heterocycles. The second-order valence-corrected chi connectivity index (χ2v) is 6.75. The first-order valence-electron chi connectivity index (χ1n) is 8.87. The summed E-state index contributed by atoms with van der Waals surface area (Å²) in [6.45, 7) is 1.63. The van der Waals surface area contributed by atoms with Crippen LogP contribution < -0.4 is 16.0 Å². The van der Waals surface area contributed by atoms with Crippen LogP contribution in [0.25, 0.3) is 0 Å². The molecule has 0 saturated carbocycles. The van der Waals surface area contributed by atoms with E-state index in [9.17, 15) is 9.90 Å². The van der Waals surface area contributed by atoms with Gasteiger partial charge in [-0.15, -0.1) is 0 Å². The maximum atomic E-state index is 13.3. The van der Waals surface area contributed by atoms with Gasteiger partial charge in [0.15, 0.2) is 6.23 Å². The molecule has 26 heavy (non-hydrogen) atoms. The molecule has 1 atom stereocenters. The Kier molecular flexibility index (Phi) is 4.44. The SMILES string of the molecule is O=C(Nc1ccc2c(c1)NC=NC2O)C1(c2ccccc2)CCNCC1. The molecular weight excluding hydrogens is 328 g/mol. The Labute approximate surface area is 152 Å². The van der Waals surface area contributed by atoms with Crippen molar-refractivity contribution in [1.82, 2.24) is 5.32 Å². The molecular formula is C20H22N4O2. The highest BCUT2D eigenvalue weighted by atomic mass is 16.3. The largest absolute Gasteiger partial charge is 0.368 e. The van der Waals surface area contributed by atoms with E-state index in [4.69, 9.17) is 0 Å². The monoisotopic (exact) mass is 350 g/mol. The van der Waals surface area contributed by atoms with E-state index in [1.807, 2.05) is 42.5 Å². The van der Waals surface area contributed by atoms with Gasteiger partial charge < -0.3 is 21.1 Å². The van der Waals surface area contributed by atoms with Crippen molar-refractivity contribution in [2.24, 2.45) is 4.99 Å². The van der Waals surface area contributed by atoms with E-state index in [0.717, 1.165) is 37.2 Å². The third-order valence-electron chi connectivity index (χ3n) is 5.24. The van der Waals surface area contributed by atoms with Crippen LogP contribution in [0, 0.1) is 0 Å². The van der Waals surface area contributed by atoms with E-state index < -0.39 is 11.6 Å². The number of piperidine rings is 1. The number of anilines is 2. The summed E-state index contributed by atoms with van der Waals surface area (Å²) in [5.74, 6) is 0.00942. The highest BCUT2D eigenvalue weighted by molar-refractivity contribution is 6.00. The second-order valence-electron chi connectivity index (χ2n) is 6.75. The first-order valence-corrected chi connectivity index (χ1v) is 8.87. The summed E-state index contributed by atoms with van der Waals surface area (Å²) in [5.41, 5.74) is 2.68. The Hall–Kier alpha value is -2.70. The summed E-state index contributed by atoms with van der Waals surface area (Å²) in [5, 5.41) is 19.3. The van der Waals surface area contributed by atoms with Crippen LogP contribution in [-0.2, 0) is 10.2 Å². The lowest BCUT2D eigenvalue weighted by Crippen LogP contribution is -2.48. The summed E-state index contributed by atoms with van der Waals surface area (Å²) >= 11 is 0. The zero-order chi connectivity index (χ0) is 18.0. The quantitative estimate of drug-likeness (QED) is 0.685. The van der Waals surface area contributed by atoms with Crippen LogP contribution in [-0.4, -0.2) is 30.4 Å². The van der Waals surface area contributed by atoms with Gasteiger partial charge in [0.05, 0.1) is 11.8 Å². The molecule has 0 bridgehead atoms. The number of aliphatic hydroxyl groups is 1. The standard InChI is InChI=1S/C20H22N4O2/c25-18-16-7-6-15(12-17(16)22-13-23-18)24-19(26)20(8-10-21-11-9-20)14-4-2-1-3-5-14/h1-7,12-13,18,21,25H,8-11H2,(H,22,23)(H,24,26). The van der Waals surface area contributed by atoms with E-state index in [2.05, 4.69) is 20.9 Å². The van der Waals surface area contributed by atoms with Crippen LogP contribution >= 0.6 is 0 Å². The van der Waals surface area contributed by atoms with Crippen LogP contribution in [0.3, 0.4) is 0 Å². The number of nitrogens with zero attached hydrogens (tertiary/aromatic N) is 1. The van der Waals surface area contributed by atoms with Crippen LogP contribution in [0.15, 0.2) is 53.5 Å². The zero-order valence-electron chi connectivity index (χ0n) is 14.4. The minimum atomic E-state index is -0.865. The molecule has 2 aliphatic heterocycles. The summed E-state index contributed by atoms with van der Waals surface area (Å²) in [6, 6.07) is 15.4. The van der Waals surface area contributed by atoms with E-state index >= 15 is 0 Å². The van der Waals surface area contributed by atoms with Gasteiger partial charge in [-0.1, -0.05) is 36.4 Å². The average Bonchev–Trinajstić information content (AvgIpc) is 2.69. The predicted molar refractivity (Wildman–Crippen MR) is 102 cm³/mol. The fourth-order valence-electron chi connectivity index (χ4n) is 3.75. The number of carbonyl (C=O) groups excluding carboxylic acids is 1. The third kappa shape index (κ3) is 2.98. The number of benzene rings is 2. The lowest BCUT2D eigenvalue weighted by atomic mass is 9.72. The van der Waals surface area contributed by atoms with Gasteiger partial charge in [0.25, 0.3) is 0 Å². The molecule has 0 spiro atoms. The van der Waals surface area contributed by atoms with E-state index in [0.29, 0.717) is 11.3 Å². The highest BCUT2D eigenvalue weighted by Crippen LogP contribution is 2.36. The first-order chi connectivity index (χ1) is 12.7. The molecule has 2 aliphatic rings. The Morgan fingerprint density at radius 3 is 2.69 bits per heavy atom. The van der Waals surface area contributed by atoms with Crippen molar-refractivity contribution in [3.05, 3.63) is 59.7 Å². The molecule has 134 valence electrons. The van der Waals surface area contributed by atoms with E-state index in [-0.39, 0.29) is 5.91 Å². The summed E-state index contributed by atoms with van der Waals surface area (Å²) < 4.78 is 0. The van der Waals surface area contributed by atoms with Crippen molar-refractivity contribution in [2.45, 2.75) is 24.5 Å². The molecule has 0 aromatic heterocycles. The van der Waals surface area contributed by atoms with Crippen molar-refractivity contribution >= 4 is 23.6 Å². The Morgan fingerprint density at radius 2 is 1.92 bits per heavy atom. The number of nitrogens with one attached hydrogen (secondary N) is 3. The minimum absolute atomic E-state index is 0.00942. The van der Waals surface area contributed by atoms with Crippen LogP contribution in [0.5, 0.6) is 0 Å². The van der Waals surface area contributed by atoms with E-state index in [1.54, 1.807) is 6.07 Å². The number of hydrogen-bond donors (Lipinski definition) is 4. The number of rotatable bonds is 3. The molecule has 0 radical (unpaired) electrons. The summed E-state index contributed by atoms with van der Waals surface area (Å²) in [6.07, 6.45) is 2.13. The normalized spacial score (nSPS) is 20.7. The maximum Gasteiger partial charge on any atom is 0.235 e. The van der Waals surface area contributed by atoms with Gasteiger partial charge in [-0.2, -0.15) is 0 Å². The Bertz CT molecular complexity index is 829. The fourth-order valence-corrected chi connectivity index (χ4v) is 3.75. The third-order valence-corrected chi connectivity index (χ3v) is 5.24. The van der Waals surface area contributed by atoms with Gasteiger partial charge in [0.1, 0.15) is 0 Å². The predicted octanol–water partition coefficient (Wildman–Crippen LogP) is 2.39. The number of fused-ring (bicyclic) bond motifs is 1. The van der Waals surface area contributed by atoms with Crippen molar-refractivity contribution in [1.29, 1.82) is 0 Å². The Morgan fingerprint density at radius 1 is 1.15 bits per heavy atom.